The molecule has 4 rings (SSSR count). The maximum Gasteiger partial charge on any atom is 0.240 e. The van der Waals surface area contributed by atoms with Crippen LogP contribution in [0.4, 0.5) is 0 Å². The first-order valence-electron chi connectivity index (χ1n) is 12.3. The fourth-order valence-corrected chi connectivity index (χ4v) is 5.89. The molecule has 6 nitrogen and oxygen atoms in total. The van der Waals surface area contributed by atoms with Crippen LogP contribution < -0.4 is 9.46 Å². The summed E-state index contributed by atoms with van der Waals surface area (Å²) >= 11 is 0. The Morgan fingerprint density at radius 2 is 1.48 bits per heavy atom. The molecule has 0 unspecified atom stereocenters. The van der Waals surface area contributed by atoms with Gasteiger partial charge >= 0.3 is 0 Å². The fraction of sp³-hybridized carbons (Fsp3) is 0.538. The Bertz CT molecular complexity index is 963. The highest BCUT2D eigenvalue weighted by atomic mass is 32.2. The van der Waals surface area contributed by atoms with Gasteiger partial charge in [0.25, 0.3) is 0 Å². The first-order chi connectivity index (χ1) is 16.0. The Kier molecular flexibility index (Phi) is 8.41. The molecule has 2 aliphatic rings. The lowest BCUT2D eigenvalue weighted by Gasteiger charge is -2.40. The zero-order chi connectivity index (χ0) is 23.1. The molecule has 0 atom stereocenters. The van der Waals surface area contributed by atoms with Gasteiger partial charge in [-0.25, -0.2) is 13.1 Å². The third-order valence-corrected chi connectivity index (χ3v) is 8.28. The first kappa shape index (κ1) is 24.2. The van der Waals surface area contributed by atoms with E-state index in [4.69, 9.17) is 4.74 Å². The van der Waals surface area contributed by atoms with Crippen LogP contribution in [0.2, 0.25) is 0 Å². The average molecular weight is 472 g/mol. The lowest BCUT2D eigenvalue weighted by molar-refractivity contribution is 0.0923. The predicted octanol–water partition coefficient (Wildman–Crippen LogP) is 4.41. The van der Waals surface area contributed by atoms with Crippen molar-refractivity contribution in [3.05, 3.63) is 54.1 Å². The van der Waals surface area contributed by atoms with Gasteiger partial charge in [-0.05, 0) is 108 Å². The summed E-state index contributed by atoms with van der Waals surface area (Å²) in [6.45, 7) is 8.20. The van der Waals surface area contributed by atoms with Gasteiger partial charge in [-0.2, -0.15) is 0 Å². The summed E-state index contributed by atoms with van der Waals surface area (Å²) in [6, 6.07) is 15.1. The standard InChI is InChI=1S/C26H37N3O3S/c1-22-6-8-24(9-7-22)32-25-10-12-26(13-11-25)33(30,31)27-16-5-17-28-20-14-23(15-21-28)29-18-3-2-4-19-29/h6-13,23,27H,2-5,14-21H2,1H3. The maximum absolute atomic E-state index is 12.6. The summed E-state index contributed by atoms with van der Waals surface area (Å²) in [6.07, 6.45) is 7.38. The van der Waals surface area contributed by atoms with Crippen molar-refractivity contribution in [2.24, 2.45) is 0 Å². The van der Waals surface area contributed by atoms with Gasteiger partial charge in [-0.15, -0.1) is 0 Å². The predicted molar refractivity (Wildman–Crippen MR) is 132 cm³/mol. The van der Waals surface area contributed by atoms with Crippen LogP contribution in [-0.4, -0.2) is 63.5 Å². The molecule has 7 heteroatoms. The van der Waals surface area contributed by atoms with Crippen molar-refractivity contribution in [1.29, 1.82) is 0 Å². The number of rotatable bonds is 9. The number of aryl methyl sites for hydroxylation is 1. The second-order valence-electron chi connectivity index (χ2n) is 9.31. The van der Waals surface area contributed by atoms with E-state index in [2.05, 4.69) is 14.5 Å². The summed E-state index contributed by atoms with van der Waals surface area (Å²) in [4.78, 5) is 5.43. The molecule has 0 bridgehead atoms. The van der Waals surface area contributed by atoms with E-state index < -0.39 is 10.0 Å². The summed E-state index contributed by atoms with van der Waals surface area (Å²) in [7, 11) is -3.51. The molecule has 2 aromatic carbocycles. The van der Waals surface area contributed by atoms with Crippen LogP contribution >= 0.6 is 0 Å². The van der Waals surface area contributed by atoms with Crippen molar-refractivity contribution in [2.45, 2.75) is 56.4 Å². The number of ether oxygens (including phenoxy) is 1. The lowest BCUT2D eigenvalue weighted by atomic mass is 10.00. The molecular formula is C26H37N3O3S. The first-order valence-corrected chi connectivity index (χ1v) is 13.8. The highest BCUT2D eigenvalue weighted by molar-refractivity contribution is 7.89. The molecule has 0 saturated carbocycles. The van der Waals surface area contributed by atoms with Crippen LogP contribution in [0, 0.1) is 6.92 Å². The van der Waals surface area contributed by atoms with Gasteiger partial charge in [-0.3, -0.25) is 0 Å². The smallest absolute Gasteiger partial charge is 0.240 e. The molecule has 0 aliphatic carbocycles. The minimum Gasteiger partial charge on any atom is -0.457 e. The minimum atomic E-state index is -3.51. The summed E-state index contributed by atoms with van der Waals surface area (Å²) < 4.78 is 33.8. The fourth-order valence-electron chi connectivity index (χ4n) is 4.81. The third-order valence-electron chi connectivity index (χ3n) is 6.80. The summed E-state index contributed by atoms with van der Waals surface area (Å²) in [5.41, 5.74) is 1.16. The van der Waals surface area contributed by atoms with Gasteiger partial charge in [0, 0.05) is 12.6 Å². The number of nitrogens with zero attached hydrogens (tertiary/aromatic N) is 2. The molecule has 0 radical (unpaired) electrons. The quantitative estimate of drug-likeness (QED) is 0.549. The average Bonchev–Trinajstić information content (AvgIpc) is 2.85. The zero-order valence-corrected chi connectivity index (χ0v) is 20.5. The molecule has 2 fully saturated rings. The van der Waals surface area contributed by atoms with Crippen molar-refractivity contribution in [3.63, 3.8) is 0 Å². The molecule has 180 valence electrons. The number of likely N-dealkylation sites (tertiary alicyclic amines) is 2. The second kappa shape index (κ2) is 11.5. The zero-order valence-electron chi connectivity index (χ0n) is 19.7. The number of sulfonamides is 1. The molecule has 1 N–H and O–H groups in total. The monoisotopic (exact) mass is 471 g/mol. The highest BCUT2D eigenvalue weighted by Gasteiger charge is 2.25. The van der Waals surface area contributed by atoms with Gasteiger partial charge in [0.15, 0.2) is 0 Å². The van der Waals surface area contributed by atoms with Crippen molar-refractivity contribution < 1.29 is 13.2 Å². The normalized spacial score (nSPS) is 18.9. The Morgan fingerprint density at radius 1 is 0.879 bits per heavy atom. The van der Waals surface area contributed by atoms with E-state index in [0.717, 1.165) is 43.4 Å². The van der Waals surface area contributed by atoms with Crippen molar-refractivity contribution in [1.82, 2.24) is 14.5 Å². The SMILES string of the molecule is Cc1ccc(Oc2ccc(S(=O)(=O)NCCCN3CCC(N4CCCCC4)CC3)cc2)cc1. The number of hydrogen-bond acceptors (Lipinski definition) is 5. The second-order valence-corrected chi connectivity index (χ2v) is 11.1. The summed E-state index contributed by atoms with van der Waals surface area (Å²) in [5.74, 6) is 1.35. The largest absolute Gasteiger partial charge is 0.457 e. The van der Waals surface area contributed by atoms with Crippen molar-refractivity contribution in [2.75, 3.05) is 39.3 Å². The minimum absolute atomic E-state index is 0.265. The van der Waals surface area contributed by atoms with Gasteiger partial charge in [0.05, 0.1) is 4.90 Å². The molecule has 0 aromatic heterocycles. The van der Waals surface area contributed by atoms with E-state index in [9.17, 15) is 8.42 Å². The molecular weight excluding hydrogens is 434 g/mol. The van der Waals surface area contributed by atoms with Crippen molar-refractivity contribution >= 4 is 10.0 Å². The van der Waals surface area contributed by atoms with Crippen LogP contribution in [0.15, 0.2) is 53.4 Å². The molecule has 2 saturated heterocycles. The van der Waals surface area contributed by atoms with Crippen molar-refractivity contribution in [3.8, 4) is 11.5 Å². The number of piperidine rings is 2. The topological polar surface area (TPSA) is 61.9 Å². The van der Waals surface area contributed by atoms with Gasteiger partial charge in [-0.1, -0.05) is 24.1 Å². The molecule has 2 aliphatic heterocycles. The van der Waals surface area contributed by atoms with E-state index in [1.165, 1.54) is 45.2 Å². The number of benzene rings is 2. The van der Waals surface area contributed by atoms with E-state index >= 15 is 0 Å². The highest BCUT2D eigenvalue weighted by Crippen LogP contribution is 2.23. The summed E-state index contributed by atoms with van der Waals surface area (Å²) in [5, 5.41) is 0. The third kappa shape index (κ3) is 7.03. The van der Waals surface area contributed by atoms with Crippen LogP contribution in [0.25, 0.3) is 0 Å². The van der Waals surface area contributed by atoms with Crippen LogP contribution in [0.3, 0.4) is 0 Å². The van der Waals surface area contributed by atoms with Crippen LogP contribution in [0.1, 0.15) is 44.1 Å². The Morgan fingerprint density at radius 3 is 2.12 bits per heavy atom. The molecule has 33 heavy (non-hydrogen) atoms. The number of nitrogens with one attached hydrogen (secondary N) is 1. The molecule has 2 heterocycles. The number of hydrogen-bond donors (Lipinski definition) is 1. The maximum atomic E-state index is 12.6. The molecule has 2 aromatic rings. The van der Waals surface area contributed by atoms with Gasteiger partial charge in [0.1, 0.15) is 11.5 Å². The van der Waals surface area contributed by atoms with Crippen LogP contribution in [-0.2, 0) is 10.0 Å². The Hall–Kier alpha value is -1.93. The van der Waals surface area contributed by atoms with E-state index in [0.29, 0.717) is 12.3 Å². The van der Waals surface area contributed by atoms with E-state index in [-0.39, 0.29) is 4.90 Å². The Balaban J connectivity index is 1.17. The molecule has 0 spiro atoms. The molecule has 0 amide bonds. The van der Waals surface area contributed by atoms with Gasteiger partial charge in [0.2, 0.25) is 10.0 Å². The van der Waals surface area contributed by atoms with E-state index in [1.807, 2.05) is 31.2 Å². The Labute approximate surface area is 199 Å². The van der Waals surface area contributed by atoms with Crippen LogP contribution in [0.5, 0.6) is 11.5 Å². The van der Waals surface area contributed by atoms with E-state index in [1.54, 1.807) is 24.3 Å². The lowest BCUT2D eigenvalue weighted by Crippen LogP contribution is -2.47. The van der Waals surface area contributed by atoms with Gasteiger partial charge < -0.3 is 14.5 Å².